The highest BCUT2D eigenvalue weighted by atomic mass is 79.9. The maximum atomic E-state index is 13.3. The van der Waals surface area contributed by atoms with Gasteiger partial charge in [0.15, 0.2) is 0 Å². The number of nitrogens with zero attached hydrogens (tertiary/aromatic N) is 2. The molecular formula is C25H18BrFN2O3. The van der Waals surface area contributed by atoms with Crippen LogP contribution in [0.3, 0.4) is 0 Å². The molecular weight excluding hydrogens is 475 g/mol. The highest BCUT2D eigenvalue weighted by Gasteiger charge is 2.32. The molecule has 0 fully saturated rings. The van der Waals surface area contributed by atoms with Crippen LogP contribution in [0.2, 0.25) is 0 Å². The first-order valence-electron chi connectivity index (χ1n) is 9.80. The van der Waals surface area contributed by atoms with Crippen molar-refractivity contribution in [3.05, 3.63) is 105 Å². The van der Waals surface area contributed by atoms with Crippen LogP contribution in [0.25, 0.3) is 6.08 Å². The molecule has 0 aliphatic carbocycles. The van der Waals surface area contributed by atoms with Gasteiger partial charge in [0.25, 0.3) is 11.8 Å². The Morgan fingerprint density at radius 1 is 1.09 bits per heavy atom. The summed E-state index contributed by atoms with van der Waals surface area (Å²) in [6, 6.07) is 20.1. The Labute approximate surface area is 192 Å². The van der Waals surface area contributed by atoms with Gasteiger partial charge in [-0.3, -0.25) is 9.59 Å². The van der Waals surface area contributed by atoms with E-state index in [0.29, 0.717) is 27.1 Å². The fourth-order valence-electron chi connectivity index (χ4n) is 3.20. The standard InChI is InChI=1S/C25H18BrFN2O3/c1-16-21(25(31)29(28-16)24(30)19-7-3-2-4-8-19)13-17-10-11-23(22(26)14-17)32-15-18-6-5-9-20(27)12-18/h2-14H,15H2,1H3/b21-13+. The van der Waals surface area contributed by atoms with Crippen LogP contribution in [-0.2, 0) is 11.4 Å². The molecule has 7 heteroatoms. The molecule has 0 spiro atoms. The van der Waals surface area contributed by atoms with Gasteiger partial charge >= 0.3 is 0 Å². The van der Waals surface area contributed by atoms with Crippen molar-refractivity contribution >= 4 is 39.5 Å². The second-order valence-corrected chi connectivity index (χ2v) is 7.99. The molecule has 3 aromatic carbocycles. The molecule has 1 aliphatic heterocycles. The number of imide groups is 1. The third kappa shape index (κ3) is 4.68. The van der Waals surface area contributed by atoms with Crippen LogP contribution in [0.1, 0.15) is 28.4 Å². The monoisotopic (exact) mass is 492 g/mol. The zero-order valence-electron chi connectivity index (χ0n) is 17.1. The van der Waals surface area contributed by atoms with Gasteiger partial charge in [-0.2, -0.15) is 10.1 Å². The number of carbonyl (C=O) groups is 2. The van der Waals surface area contributed by atoms with Gasteiger partial charge in [0, 0.05) is 5.56 Å². The zero-order chi connectivity index (χ0) is 22.7. The molecule has 0 unspecified atom stereocenters. The van der Waals surface area contributed by atoms with Gasteiger partial charge in [-0.15, -0.1) is 0 Å². The van der Waals surface area contributed by atoms with E-state index < -0.39 is 11.8 Å². The second-order valence-electron chi connectivity index (χ2n) is 7.14. The van der Waals surface area contributed by atoms with Crippen LogP contribution >= 0.6 is 15.9 Å². The highest BCUT2D eigenvalue weighted by Crippen LogP contribution is 2.29. The normalized spacial score (nSPS) is 14.6. The average Bonchev–Trinajstić information content (AvgIpc) is 3.07. The van der Waals surface area contributed by atoms with Crippen molar-refractivity contribution < 1.29 is 18.7 Å². The lowest BCUT2D eigenvalue weighted by molar-refractivity contribution is -0.123. The topological polar surface area (TPSA) is 59.0 Å². The number of hydrogen-bond donors (Lipinski definition) is 0. The molecule has 0 bridgehead atoms. The number of hydrogen-bond acceptors (Lipinski definition) is 4. The minimum atomic E-state index is -0.473. The van der Waals surface area contributed by atoms with Gasteiger partial charge < -0.3 is 4.74 Å². The molecule has 0 radical (unpaired) electrons. The minimum absolute atomic E-state index is 0.220. The summed E-state index contributed by atoms with van der Waals surface area (Å²) in [5.41, 5.74) is 2.65. The highest BCUT2D eigenvalue weighted by molar-refractivity contribution is 9.10. The quantitative estimate of drug-likeness (QED) is 0.343. The molecule has 0 atom stereocenters. The summed E-state index contributed by atoms with van der Waals surface area (Å²) in [6.45, 7) is 1.91. The van der Waals surface area contributed by atoms with Gasteiger partial charge in [0.1, 0.15) is 18.2 Å². The summed E-state index contributed by atoms with van der Waals surface area (Å²) in [5, 5.41) is 5.04. The lowest BCUT2D eigenvalue weighted by Gasteiger charge is -2.10. The Kier molecular flexibility index (Phi) is 6.28. The first kappa shape index (κ1) is 21.6. The van der Waals surface area contributed by atoms with Crippen LogP contribution in [0.5, 0.6) is 5.75 Å². The number of ether oxygens (including phenoxy) is 1. The molecule has 3 aromatic rings. The molecule has 160 valence electrons. The van der Waals surface area contributed by atoms with Crippen molar-refractivity contribution in [2.75, 3.05) is 0 Å². The van der Waals surface area contributed by atoms with E-state index in [1.165, 1.54) is 12.1 Å². The molecule has 32 heavy (non-hydrogen) atoms. The largest absolute Gasteiger partial charge is 0.488 e. The number of amides is 2. The molecule has 1 heterocycles. The van der Waals surface area contributed by atoms with Crippen LogP contribution in [-0.4, -0.2) is 22.5 Å². The van der Waals surface area contributed by atoms with E-state index in [4.69, 9.17) is 4.74 Å². The van der Waals surface area contributed by atoms with Crippen LogP contribution in [0.15, 0.2) is 87.9 Å². The first-order valence-corrected chi connectivity index (χ1v) is 10.6. The Hall–Kier alpha value is -3.58. The second kappa shape index (κ2) is 9.28. The summed E-state index contributed by atoms with van der Waals surface area (Å²) in [4.78, 5) is 25.5. The minimum Gasteiger partial charge on any atom is -0.488 e. The lowest BCUT2D eigenvalue weighted by atomic mass is 10.1. The molecule has 0 saturated heterocycles. The smallest absolute Gasteiger partial charge is 0.283 e. The fourth-order valence-corrected chi connectivity index (χ4v) is 3.71. The van der Waals surface area contributed by atoms with E-state index in [1.807, 2.05) is 0 Å². The van der Waals surface area contributed by atoms with E-state index >= 15 is 0 Å². The maximum absolute atomic E-state index is 13.3. The van der Waals surface area contributed by atoms with Crippen LogP contribution in [0.4, 0.5) is 4.39 Å². The van der Waals surface area contributed by atoms with Crippen molar-refractivity contribution in [2.45, 2.75) is 13.5 Å². The molecule has 0 aromatic heterocycles. The van der Waals surface area contributed by atoms with Crippen molar-refractivity contribution in [3.8, 4) is 5.75 Å². The Balaban J connectivity index is 1.50. The van der Waals surface area contributed by atoms with Gasteiger partial charge in [-0.1, -0.05) is 36.4 Å². The number of halogens is 2. The maximum Gasteiger partial charge on any atom is 0.283 e. The number of benzene rings is 3. The van der Waals surface area contributed by atoms with Gasteiger partial charge in [-0.05, 0) is 76.5 Å². The Morgan fingerprint density at radius 3 is 2.59 bits per heavy atom. The third-order valence-electron chi connectivity index (χ3n) is 4.83. The van der Waals surface area contributed by atoms with E-state index in [2.05, 4.69) is 21.0 Å². The van der Waals surface area contributed by atoms with Crippen molar-refractivity contribution in [1.82, 2.24) is 5.01 Å². The average molecular weight is 493 g/mol. The molecule has 0 N–H and O–H groups in total. The predicted octanol–water partition coefficient (Wildman–Crippen LogP) is 5.61. The van der Waals surface area contributed by atoms with Crippen LogP contribution < -0.4 is 4.74 Å². The van der Waals surface area contributed by atoms with Gasteiger partial charge in [-0.25, -0.2) is 4.39 Å². The molecule has 0 saturated carbocycles. The molecule has 4 rings (SSSR count). The summed E-state index contributed by atoms with van der Waals surface area (Å²) in [7, 11) is 0. The summed E-state index contributed by atoms with van der Waals surface area (Å²) < 4.78 is 19.8. The zero-order valence-corrected chi connectivity index (χ0v) is 18.7. The Morgan fingerprint density at radius 2 is 1.88 bits per heavy atom. The van der Waals surface area contributed by atoms with Crippen molar-refractivity contribution in [1.29, 1.82) is 0 Å². The first-order chi connectivity index (χ1) is 15.4. The van der Waals surface area contributed by atoms with Gasteiger partial charge in [0.05, 0.1) is 15.8 Å². The Bertz CT molecular complexity index is 1260. The van der Waals surface area contributed by atoms with Crippen molar-refractivity contribution in [3.63, 3.8) is 0 Å². The lowest BCUT2D eigenvalue weighted by Crippen LogP contribution is -2.29. The van der Waals surface area contributed by atoms with E-state index in [1.54, 1.807) is 73.7 Å². The number of rotatable bonds is 5. The molecule has 5 nitrogen and oxygen atoms in total. The van der Waals surface area contributed by atoms with Crippen LogP contribution in [0, 0.1) is 5.82 Å². The molecule has 2 amide bonds. The number of hydrazone groups is 1. The third-order valence-corrected chi connectivity index (χ3v) is 5.45. The number of carbonyl (C=O) groups excluding carboxylic acids is 2. The van der Waals surface area contributed by atoms with E-state index in [0.717, 1.165) is 16.1 Å². The predicted molar refractivity (Wildman–Crippen MR) is 124 cm³/mol. The van der Waals surface area contributed by atoms with Crippen molar-refractivity contribution in [2.24, 2.45) is 5.10 Å². The summed E-state index contributed by atoms with van der Waals surface area (Å²) >= 11 is 3.47. The SMILES string of the molecule is CC1=NN(C(=O)c2ccccc2)C(=O)/C1=C/c1ccc(OCc2cccc(F)c2)c(Br)c1. The van der Waals surface area contributed by atoms with E-state index in [-0.39, 0.29) is 12.4 Å². The molecule has 1 aliphatic rings. The van der Waals surface area contributed by atoms with Gasteiger partial charge in [0.2, 0.25) is 0 Å². The summed E-state index contributed by atoms with van der Waals surface area (Å²) in [5.74, 6) is -0.676. The fraction of sp³-hybridized carbons (Fsp3) is 0.0800. The summed E-state index contributed by atoms with van der Waals surface area (Å²) in [6.07, 6.45) is 1.68. The van der Waals surface area contributed by atoms with E-state index in [9.17, 15) is 14.0 Å².